The summed E-state index contributed by atoms with van der Waals surface area (Å²) in [5.74, 6) is 5.92. The van der Waals surface area contributed by atoms with Gasteiger partial charge in [0.05, 0.1) is 25.4 Å². The van der Waals surface area contributed by atoms with E-state index < -0.39 is 18.1 Å². The maximum absolute atomic E-state index is 11.8. The van der Waals surface area contributed by atoms with Gasteiger partial charge in [-0.25, -0.2) is 5.48 Å². The Hall–Kier alpha value is -2.73. The summed E-state index contributed by atoms with van der Waals surface area (Å²) in [6, 6.07) is 15.7. The van der Waals surface area contributed by atoms with Crippen molar-refractivity contribution in [3.63, 3.8) is 0 Å². The molecule has 0 bridgehead atoms. The van der Waals surface area contributed by atoms with Crippen molar-refractivity contribution in [2.24, 2.45) is 0 Å². The molecule has 0 radical (unpaired) electrons. The van der Waals surface area contributed by atoms with Crippen LogP contribution in [-0.2, 0) is 22.6 Å². The molecule has 2 atom stereocenters. The van der Waals surface area contributed by atoms with E-state index in [1.54, 1.807) is 5.48 Å². The Bertz CT molecular complexity index is 959. The third kappa shape index (κ3) is 5.94. The molecule has 3 N–H and O–H groups in total. The summed E-state index contributed by atoms with van der Waals surface area (Å²) in [6.45, 7) is 5.43. The first-order valence-electron chi connectivity index (χ1n) is 11.0. The number of amides is 1. The van der Waals surface area contributed by atoms with Crippen LogP contribution in [0.1, 0.15) is 28.7 Å². The Morgan fingerprint density at radius 2 is 1.53 bits per heavy atom. The van der Waals surface area contributed by atoms with Gasteiger partial charge >= 0.3 is 0 Å². The number of hydrogen-bond donors (Lipinski definition) is 3. The number of ether oxygens (including phenoxy) is 1. The Morgan fingerprint density at radius 1 is 0.969 bits per heavy atom. The van der Waals surface area contributed by atoms with E-state index in [0.29, 0.717) is 19.5 Å². The number of aliphatic hydroxyl groups excluding tert-OH is 1. The van der Waals surface area contributed by atoms with Crippen molar-refractivity contribution in [2.45, 2.75) is 31.7 Å². The molecule has 2 heterocycles. The molecule has 7 nitrogen and oxygen atoms in total. The maximum Gasteiger partial charge on any atom is 0.260 e. The number of carbonyl (C=O) groups excluding carboxylic acids is 1. The zero-order chi connectivity index (χ0) is 22.3. The molecule has 2 aliphatic heterocycles. The molecule has 2 saturated heterocycles. The zero-order valence-electron chi connectivity index (χ0n) is 18.0. The van der Waals surface area contributed by atoms with E-state index in [2.05, 4.69) is 41.0 Å². The fourth-order valence-electron chi connectivity index (χ4n) is 4.18. The quantitative estimate of drug-likeness (QED) is 0.374. The number of likely N-dealkylation sites (tertiary alicyclic amines) is 1. The minimum atomic E-state index is -0.567. The lowest BCUT2D eigenvalue weighted by Gasteiger charge is -2.26. The molecule has 32 heavy (non-hydrogen) atoms. The first kappa shape index (κ1) is 22.5. The van der Waals surface area contributed by atoms with Gasteiger partial charge in [0, 0.05) is 43.9 Å². The van der Waals surface area contributed by atoms with E-state index in [-0.39, 0.29) is 0 Å². The molecule has 7 heteroatoms. The van der Waals surface area contributed by atoms with E-state index in [0.717, 1.165) is 49.5 Å². The van der Waals surface area contributed by atoms with Crippen LogP contribution in [0.3, 0.4) is 0 Å². The van der Waals surface area contributed by atoms with E-state index >= 15 is 0 Å². The summed E-state index contributed by atoms with van der Waals surface area (Å²) >= 11 is 0. The highest BCUT2D eigenvalue weighted by molar-refractivity contribution is 5.81. The van der Waals surface area contributed by atoms with E-state index in [1.807, 2.05) is 29.2 Å². The van der Waals surface area contributed by atoms with Crippen LogP contribution in [0.15, 0.2) is 48.5 Å². The van der Waals surface area contributed by atoms with Gasteiger partial charge in [-0.3, -0.25) is 19.8 Å². The number of rotatable bonds is 5. The summed E-state index contributed by atoms with van der Waals surface area (Å²) in [4.78, 5) is 16.1. The number of hydroxylamine groups is 1. The molecule has 0 spiro atoms. The molecular formula is C25H29N3O4. The van der Waals surface area contributed by atoms with Gasteiger partial charge in [-0.2, -0.15) is 0 Å². The van der Waals surface area contributed by atoms with Crippen LogP contribution in [0.2, 0.25) is 0 Å². The highest BCUT2D eigenvalue weighted by Crippen LogP contribution is 2.21. The van der Waals surface area contributed by atoms with Crippen LogP contribution in [0, 0.1) is 11.8 Å². The second kappa shape index (κ2) is 10.7. The average molecular weight is 436 g/mol. The summed E-state index contributed by atoms with van der Waals surface area (Å²) < 4.78 is 5.40. The largest absolute Gasteiger partial charge is 0.392 e. The Labute approximate surface area is 188 Å². The normalized spacial score (nSPS) is 21.7. The molecule has 1 amide bonds. The number of nitrogens with zero attached hydrogens (tertiary/aromatic N) is 2. The highest BCUT2D eigenvalue weighted by Gasteiger charge is 2.35. The van der Waals surface area contributed by atoms with Crippen molar-refractivity contribution in [1.29, 1.82) is 0 Å². The lowest BCUT2D eigenvalue weighted by Crippen LogP contribution is -2.41. The van der Waals surface area contributed by atoms with Crippen LogP contribution in [-0.4, -0.2) is 71.0 Å². The minimum Gasteiger partial charge on any atom is -0.392 e. The van der Waals surface area contributed by atoms with Crippen molar-refractivity contribution in [3.05, 3.63) is 70.8 Å². The van der Waals surface area contributed by atoms with Crippen molar-refractivity contribution in [2.75, 3.05) is 32.8 Å². The van der Waals surface area contributed by atoms with Crippen LogP contribution in [0.25, 0.3) is 0 Å². The Kier molecular flexibility index (Phi) is 7.53. The fraction of sp³-hybridized carbons (Fsp3) is 0.400. The molecule has 2 fully saturated rings. The highest BCUT2D eigenvalue weighted by atomic mass is 16.5. The summed E-state index contributed by atoms with van der Waals surface area (Å²) in [5.41, 5.74) is 5.88. The zero-order valence-corrected chi connectivity index (χ0v) is 18.0. The molecule has 2 aromatic rings. The number of carbonyl (C=O) groups is 1. The standard InChI is InChI=1S/C25H29N3O4/c29-23-15-24(25(30)26-31)28(18-23)17-22-9-5-20(6-10-22)2-1-19-3-7-21(8-4-19)16-27-11-13-32-14-12-27/h3-10,23-24,29,31H,11-18H2,(H,26,30)/t23-,24+/m1/s1. The number of benzene rings is 2. The van der Waals surface area contributed by atoms with Gasteiger partial charge in [-0.15, -0.1) is 0 Å². The van der Waals surface area contributed by atoms with Gasteiger partial charge in [0.25, 0.3) is 5.91 Å². The number of morpholine rings is 1. The third-order valence-corrected chi connectivity index (χ3v) is 5.95. The molecule has 2 aliphatic rings. The van der Waals surface area contributed by atoms with Gasteiger partial charge in [0.15, 0.2) is 0 Å². The monoisotopic (exact) mass is 435 g/mol. The van der Waals surface area contributed by atoms with Crippen LogP contribution < -0.4 is 5.48 Å². The lowest BCUT2D eigenvalue weighted by molar-refractivity contribution is -0.134. The van der Waals surface area contributed by atoms with Gasteiger partial charge < -0.3 is 9.84 Å². The number of aliphatic hydroxyl groups is 1. The van der Waals surface area contributed by atoms with Crippen molar-refractivity contribution in [1.82, 2.24) is 15.3 Å². The number of nitrogens with one attached hydrogen (secondary N) is 1. The summed E-state index contributed by atoms with van der Waals surface area (Å²) in [7, 11) is 0. The van der Waals surface area contributed by atoms with Crippen LogP contribution >= 0.6 is 0 Å². The van der Waals surface area contributed by atoms with Crippen molar-refractivity contribution >= 4 is 5.91 Å². The lowest BCUT2D eigenvalue weighted by atomic mass is 10.1. The first-order chi connectivity index (χ1) is 15.6. The molecule has 0 unspecified atom stereocenters. The second-order valence-corrected chi connectivity index (χ2v) is 8.34. The smallest absolute Gasteiger partial charge is 0.260 e. The van der Waals surface area contributed by atoms with Crippen molar-refractivity contribution < 1.29 is 19.8 Å². The van der Waals surface area contributed by atoms with Crippen molar-refractivity contribution in [3.8, 4) is 11.8 Å². The first-order valence-corrected chi connectivity index (χ1v) is 11.0. The predicted molar refractivity (Wildman–Crippen MR) is 120 cm³/mol. The number of β-amino-alcohol motifs (C(OH)–C–C–N with tert-alkyl or cyclic N) is 1. The number of hydrogen-bond acceptors (Lipinski definition) is 6. The summed E-state index contributed by atoms with van der Waals surface area (Å²) in [5, 5.41) is 18.8. The minimum absolute atomic E-state index is 0.321. The molecule has 0 aromatic heterocycles. The van der Waals surface area contributed by atoms with E-state index in [4.69, 9.17) is 9.94 Å². The Morgan fingerprint density at radius 3 is 2.09 bits per heavy atom. The molecule has 0 saturated carbocycles. The van der Waals surface area contributed by atoms with Crippen LogP contribution in [0.4, 0.5) is 0 Å². The Balaban J connectivity index is 1.33. The molecule has 4 rings (SSSR count). The third-order valence-electron chi connectivity index (χ3n) is 5.95. The average Bonchev–Trinajstić information content (AvgIpc) is 3.19. The fourth-order valence-corrected chi connectivity index (χ4v) is 4.18. The molecule has 2 aromatic carbocycles. The van der Waals surface area contributed by atoms with E-state index in [1.165, 1.54) is 5.56 Å². The molecule has 168 valence electrons. The van der Waals surface area contributed by atoms with Gasteiger partial charge in [-0.1, -0.05) is 36.1 Å². The predicted octanol–water partition coefficient (Wildman–Crippen LogP) is 1.36. The summed E-state index contributed by atoms with van der Waals surface area (Å²) in [6.07, 6.45) is -0.246. The topological polar surface area (TPSA) is 85.3 Å². The SMILES string of the molecule is O=C(NO)[C@@H]1C[C@@H](O)CN1Cc1ccc(C#Cc2ccc(CN3CCOCC3)cc2)cc1. The van der Waals surface area contributed by atoms with Gasteiger partial charge in [-0.05, 0) is 41.8 Å². The molecular weight excluding hydrogens is 406 g/mol. The van der Waals surface area contributed by atoms with Crippen LogP contribution in [0.5, 0.6) is 0 Å². The molecule has 0 aliphatic carbocycles. The van der Waals surface area contributed by atoms with Gasteiger partial charge in [0.1, 0.15) is 0 Å². The second-order valence-electron chi connectivity index (χ2n) is 8.34. The van der Waals surface area contributed by atoms with Gasteiger partial charge in [0.2, 0.25) is 0 Å². The maximum atomic E-state index is 11.8. The van der Waals surface area contributed by atoms with E-state index in [9.17, 15) is 9.90 Å².